The molecule has 1 N–H and O–H groups in total. The van der Waals surface area contributed by atoms with Crippen LogP contribution >= 0.6 is 0 Å². The zero-order valence-electron chi connectivity index (χ0n) is 17.1. The van der Waals surface area contributed by atoms with Crippen LogP contribution in [0.5, 0.6) is 5.75 Å². The fourth-order valence-electron chi connectivity index (χ4n) is 3.37. The van der Waals surface area contributed by atoms with Crippen LogP contribution in [-0.4, -0.2) is 63.7 Å². The minimum Gasteiger partial charge on any atom is -0.497 e. The van der Waals surface area contributed by atoms with E-state index >= 15 is 0 Å². The highest BCUT2D eigenvalue weighted by molar-refractivity contribution is 5.96. The van der Waals surface area contributed by atoms with Crippen molar-refractivity contribution in [1.29, 1.82) is 0 Å². The minimum atomic E-state index is -0.422. The number of esters is 1. The largest absolute Gasteiger partial charge is 0.497 e. The molecule has 0 saturated carbocycles. The number of aryl methyl sites for hydroxylation is 1. The van der Waals surface area contributed by atoms with E-state index in [1.165, 1.54) is 7.11 Å². The molecule has 0 aromatic heterocycles. The molecule has 0 spiro atoms. The van der Waals surface area contributed by atoms with Gasteiger partial charge in [-0.05, 0) is 36.8 Å². The molecule has 7 nitrogen and oxygen atoms in total. The van der Waals surface area contributed by atoms with Crippen LogP contribution in [0.15, 0.2) is 42.5 Å². The third-order valence-electron chi connectivity index (χ3n) is 5.09. The number of nitrogens with one attached hydrogen (secondary N) is 1. The first kappa shape index (κ1) is 20.7. The molecule has 0 atom stereocenters. The number of carbonyl (C=O) groups excluding carboxylic acids is 2. The van der Waals surface area contributed by atoms with Crippen molar-refractivity contribution in [3.8, 4) is 5.75 Å². The molecule has 1 aliphatic heterocycles. The Morgan fingerprint density at radius 3 is 2.48 bits per heavy atom. The van der Waals surface area contributed by atoms with Gasteiger partial charge in [0, 0.05) is 43.6 Å². The van der Waals surface area contributed by atoms with E-state index in [1.54, 1.807) is 25.3 Å². The predicted molar refractivity (Wildman–Crippen MR) is 113 cm³/mol. The molecule has 2 aromatic carbocycles. The zero-order chi connectivity index (χ0) is 20.8. The van der Waals surface area contributed by atoms with Gasteiger partial charge in [0.25, 0.3) is 0 Å². The van der Waals surface area contributed by atoms with Crippen LogP contribution < -0.4 is 15.0 Å². The monoisotopic (exact) mass is 397 g/mol. The van der Waals surface area contributed by atoms with E-state index in [-0.39, 0.29) is 5.91 Å². The molecular formula is C22H27N3O4. The summed E-state index contributed by atoms with van der Waals surface area (Å²) in [6.45, 7) is 5.49. The summed E-state index contributed by atoms with van der Waals surface area (Å²) in [5, 5.41) is 2.92. The van der Waals surface area contributed by atoms with E-state index in [9.17, 15) is 9.59 Å². The molecule has 2 aromatic rings. The molecule has 1 amide bonds. The number of hydrogen-bond donors (Lipinski definition) is 1. The van der Waals surface area contributed by atoms with Crippen LogP contribution in [0.3, 0.4) is 0 Å². The van der Waals surface area contributed by atoms with Gasteiger partial charge in [-0.2, -0.15) is 0 Å². The maximum absolute atomic E-state index is 12.5. The van der Waals surface area contributed by atoms with E-state index in [0.717, 1.165) is 43.2 Å². The highest BCUT2D eigenvalue weighted by Crippen LogP contribution is 2.22. The van der Waals surface area contributed by atoms with Crippen molar-refractivity contribution in [3.05, 3.63) is 53.6 Å². The molecule has 29 heavy (non-hydrogen) atoms. The van der Waals surface area contributed by atoms with E-state index in [0.29, 0.717) is 17.8 Å². The number of piperazine rings is 1. The molecule has 1 aliphatic rings. The maximum Gasteiger partial charge on any atom is 0.337 e. The summed E-state index contributed by atoms with van der Waals surface area (Å²) < 4.78 is 10.0. The molecule has 1 heterocycles. The Labute approximate surface area is 171 Å². The van der Waals surface area contributed by atoms with Gasteiger partial charge in [0.2, 0.25) is 5.91 Å². The van der Waals surface area contributed by atoms with E-state index in [2.05, 4.69) is 21.2 Å². The lowest BCUT2D eigenvalue weighted by Crippen LogP contribution is -2.48. The van der Waals surface area contributed by atoms with Crippen LogP contribution in [0.2, 0.25) is 0 Å². The van der Waals surface area contributed by atoms with Crippen LogP contribution in [-0.2, 0) is 9.53 Å². The van der Waals surface area contributed by atoms with Crippen molar-refractivity contribution in [2.24, 2.45) is 0 Å². The van der Waals surface area contributed by atoms with Crippen molar-refractivity contribution in [2.75, 3.05) is 57.2 Å². The molecule has 0 bridgehead atoms. The third-order valence-corrected chi connectivity index (χ3v) is 5.09. The number of hydrogen-bond acceptors (Lipinski definition) is 6. The second-order valence-corrected chi connectivity index (χ2v) is 7.03. The lowest BCUT2D eigenvalue weighted by Gasteiger charge is -2.35. The van der Waals surface area contributed by atoms with Crippen molar-refractivity contribution in [3.63, 3.8) is 0 Å². The second-order valence-electron chi connectivity index (χ2n) is 7.03. The van der Waals surface area contributed by atoms with Gasteiger partial charge in [-0.1, -0.05) is 12.1 Å². The number of amides is 1. The highest BCUT2D eigenvalue weighted by atomic mass is 16.5. The smallest absolute Gasteiger partial charge is 0.337 e. The summed E-state index contributed by atoms with van der Waals surface area (Å²) in [6.07, 6.45) is 0. The number of rotatable bonds is 6. The molecular weight excluding hydrogens is 370 g/mol. The Hall–Kier alpha value is -3.06. The summed E-state index contributed by atoms with van der Waals surface area (Å²) in [7, 11) is 3.00. The Morgan fingerprint density at radius 1 is 1.03 bits per heavy atom. The average Bonchev–Trinajstić information content (AvgIpc) is 2.75. The molecule has 154 valence electrons. The second kappa shape index (κ2) is 9.43. The Bertz CT molecular complexity index is 876. The zero-order valence-corrected chi connectivity index (χ0v) is 17.1. The lowest BCUT2D eigenvalue weighted by molar-refractivity contribution is -0.117. The van der Waals surface area contributed by atoms with Gasteiger partial charge in [0.1, 0.15) is 5.75 Å². The number of benzene rings is 2. The number of nitrogens with zero attached hydrogens (tertiary/aromatic N) is 2. The number of methoxy groups -OCH3 is 2. The van der Waals surface area contributed by atoms with Gasteiger partial charge in [-0.25, -0.2) is 4.79 Å². The number of ether oxygens (including phenoxy) is 2. The molecule has 0 aliphatic carbocycles. The van der Waals surface area contributed by atoms with Gasteiger partial charge >= 0.3 is 5.97 Å². The van der Waals surface area contributed by atoms with Gasteiger partial charge in [-0.3, -0.25) is 9.69 Å². The van der Waals surface area contributed by atoms with E-state index in [1.807, 2.05) is 25.1 Å². The first-order valence-electron chi connectivity index (χ1n) is 9.60. The van der Waals surface area contributed by atoms with Crippen molar-refractivity contribution < 1.29 is 19.1 Å². The van der Waals surface area contributed by atoms with Gasteiger partial charge in [-0.15, -0.1) is 0 Å². The Kier molecular flexibility index (Phi) is 6.72. The predicted octanol–water partition coefficient (Wildman–Crippen LogP) is 2.55. The fraction of sp³-hybridized carbons (Fsp3) is 0.364. The lowest BCUT2D eigenvalue weighted by atomic mass is 10.1. The molecule has 0 unspecified atom stereocenters. The van der Waals surface area contributed by atoms with Crippen LogP contribution in [0.4, 0.5) is 11.4 Å². The minimum absolute atomic E-state index is 0.0926. The molecule has 7 heteroatoms. The Morgan fingerprint density at radius 2 is 1.79 bits per heavy atom. The standard InChI is InChI=1S/C22H27N3O4/c1-16-7-8-17(22(27)29-3)13-20(16)23-21(26)15-24-9-11-25(12-10-24)18-5-4-6-19(14-18)28-2/h4-8,13-14H,9-12,15H2,1-3H3,(H,23,26). The van der Waals surface area contributed by atoms with Gasteiger partial charge in [0.05, 0.1) is 26.3 Å². The van der Waals surface area contributed by atoms with Crippen molar-refractivity contribution in [1.82, 2.24) is 4.90 Å². The molecule has 1 saturated heterocycles. The van der Waals surface area contributed by atoms with Crippen LogP contribution in [0, 0.1) is 6.92 Å². The van der Waals surface area contributed by atoms with E-state index in [4.69, 9.17) is 9.47 Å². The third kappa shape index (κ3) is 5.26. The summed E-state index contributed by atoms with van der Waals surface area (Å²) in [5.41, 5.74) is 3.07. The summed E-state index contributed by atoms with van der Waals surface area (Å²) in [6, 6.07) is 13.2. The first-order chi connectivity index (χ1) is 14.0. The average molecular weight is 397 g/mol. The number of anilines is 2. The molecule has 1 fully saturated rings. The molecule has 3 rings (SSSR count). The SMILES string of the molecule is COC(=O)c1ccc(C)c(NC(=O)CN2CCN(c3cccc(OC)c3)CC2)c1. The quantitative estimate of drug-likeness (QED) is 0.756. The Balaban J connectivity index is 1.54. The van der Waals surface area contributed by atoms with Gasteiger partial charge in [0.15, 0.2) is 0 Å². The highest BCUT2D eigenvalue weighted by Gasteiger charge is 2.20. The van der Waals surface area contributed by atoms with Crippen LogP contribution in [0.25, 0.3) is 0 Å². The summed E-state index contributed by atoms with van der Waals surface area (Å²) in [4.78, 5) is 28.7. The van der Waals surface area contributed by atoms with Gasteiger partial charge < -0.3 is 19.7 Å². The normalized spacial score (nSPS) is 14.4. The van der Waals surface area contributed by atoms with Crippen molar-refractivity contribution in [2.45, 2.75) is 6.92 Å². The van der Waals surface area contributed by atoms with Crippen molar-refractivity contribution >= 4 is 23.3 Å². The maximum atomic E-state index is 12.5. The summed E-state index contributed by atoms with van der Waals surface area (Å²) in [5.74, 6) is 0.327. The summed E-state index contributed by atoms with van der Waals surface area (Å²) >= 11 is 0. The van der Waals surface area contributed by atoms with E-state index < -0.39 is 5.97 Å². The number of carbonyl (C=O) groups is 2. The van der Waals surface area contributed by atoms with Crippen LogP contribution in [0.1, 0.15) is 15.9 Å². The fourth-order valence-corrected chi connectivity index (χ4v) is 3.37. The first-order valence-corrected chi connectivity index (χ1v) is 9.60. The molecule has 0 radical (unpaired) electrons. The topological polar surface area (TPSA) is 71.1 Å².